The van der Waals surface area contributed by atoms with Gasteiger partial charge < -0.3 is 14.8 Å². The van der Waals surface area contributed by atoms with Crippen molar-refractivity contribution >= 4 is 23.8 Å². The normalized spacial score (nSPS) is 15.3. The topological polar surface area (TPSA) is 84.9 Å². The molecular formula is C19H18N2O5. The highest BCUT2D eigenvalue weighted by molar-refractivity contribution is 6.19. The molecule has 0 fully saturated rings. The molecule has 3 rings (SSSR count). The molecule has 1 N–H and O–H groups in total. The van der Waals surface area contributed by atoms with Gasteiger partial charge in [-0.2, -0.15) is 0 Å². The Morgan fingerprint density at radius 2 is 1.77 bits per heavy atom. The highest BCUT2D eigenvalue weighted by Gasteiger charge is 2.41. The van der Waals surface area contributed by atoms with Crippen LogP contribution in [0.3, 0.4) is 0 Å². The summed E-state index contributed by atoms with van der Waals surface area (Å²) in [6.07, 6.45) is -0.971. The molecule has 2 aromatic rings. The molecule has 7 heteroatoms. The van der Waals surface area contributed by atoms with Crippen molar-refractivity contribution in [2.75, 3.05) is 18.6 Å². The molecule has 1 aliphatic rings. The van der Waals surface area contributed by atoms with Crippen LogP contribution in [-0.4, -0.2) is 31.7 Å². The first kappa shape index (κ1) is 17.5. The van der Waals surface area contributed by atoms with Crippen LogP contribution in [-0.2, 0) is 9.53 Å². The predicted octanol–water partition coefficient (Wildman–Crippen LogP) is 3.06. The lowest BCUT2D eigenvalue weighted by Gasteiger charge is -2.16. The van der Waals surface area contributed by atoms with E-state index in [9.17, 15) is 14.4 Å². The Kier molecular flexibility index (Phi) is 5.17. The summed E-state index contributed by atoms with van der Waals surface area (Å²) in [6, 6.07) is 15.6. The van der Waals surface area contributed by atoms with Gasteiger partial charge in [0.2, 0.25) is 5.91 Å². The number of para-hydroxylation sites is 2. The predicted molar refractivity (Wildman–Crippen MR) is 94.2 cm³/mol. The van der Waals surface area contributed by atoms with Crippen molar-refractivity contribution in [1.82, 2.24) is 5.32 Å². The second-order valence-electron chi connectivity index (χ2n) is 5.67. The third kappa shape index (κ3) is 3.51. The van der Waals surface area contributed by atoms with Crippen molar-refractivity contribution < 1.29 is 23.9 Å². The van der Waals surface area contributed by atoms with Gasteiger partial charge in [0.05, 0.1) is 18.7 Å². The Hall–Kier alpha value is -3.35. The molecule has 0 bridgehead atoms. The molecule has 2 aromatic carbocycles. The van der Waals surface area contributed by atoms with Crippen molar-refractivity contribution in [3.05, 3.63) is 60.2 Å². The molecule has 0 saturated carbocycles. The molecule has 0 spiro atoms. The molecule has 0 aromatic heterocycles. The lowest BCUT2D eigenvalue weighted by molar-refractivity contribution is -0.118. The molecule has 134 valence electrons. The van der Waals surface area contributed by atoms with Gasteiger partial charge in [0.15, 0.2) is 0 Å². The SMILES string of the molecule is COC(=O)NCC[C@H]1C(=O)N(C(=O)Oc2ccccc2)c2ccccc21. The van der Waals surface area contributed by atoms with Crippen LogP contribution in [0.2, 0.25) is 0 Å². The van der Waals surface area contributed by atoms with Crippen LogP contribution >= 0.6 is 0 Å². The fraction of sp³-hybridized carbons (Fsp3) is 0.211. The van der Waals surface area contributed by atoms with Gasteiger partial charge in [-0.05, 0) is 30.2 Å². The van der Waals surface area contributed by atoms with Crippen LogP contribution in [0.4, 0.5) is 15.3 Å². The smallest absolute Gasteiger partial charge is 0.426 e. The van der Waals surface area contributed by atoms with Gasteiger partial charge in [-0.3, -0.25) is 4.79 Å². The number of nitrogens with zero attached hydrogens (tertiary/aromatic N) is 1. The van der Waals surface area contributed by atoms with Gasteiger partial charge >= 0.3 is 12.2 Å². The van der Waals surface area contributed by atoms with E-state index in [1.165, 1.54) is 7.11 Å². The summed E-state index contributed by atoms with van der Waals surface area (Å²) in [4.78, 5) is 37.6. The summed E-state index contributed by atoms with van der Waals surface area (Å²) < 4.78 is 9.83. The molecule has 1 aliphatic heterocycles. The van der Waals surface area contributed by atoms with Crippen LogP contribution in [0, 0.1) is 0 Å². The number of carbonyl (C=O) groups excluding carboxylic acids is 3. The number of alkyl carbamates (subject to hydrolysis) is 1. The Morgan fingerprint density at radius 3 is 2.50 bits per heavy atom. The van der Waals surface area contributed by atoms with E-state index in [0.717, 1.165) is 10.5 Å². The van der Waals surface area contributed by atoms with Gasteiger partial charge in [0, 0.05) is 6.54 Å². The van der Waals surface area contributed by atoms with E-state index in [1.54, 1.807) is 54.6 Å². The zero-order chi connectivity index (χ0) is 18.5. The third-order valence-electron chi connectivity index (χ3n) is 4.09. The summed E-state index contributed by atoms with van der Waals surface area (Å²) in [5, 5.41) is 2.55. The van der Waals surface area contributed by atoms with Gasteiger partial charge in [0.25, 0.3) is 0 Å². The molecule has 26 heavy (non-hydrogen) atoms. The standard InChI is InChI=1S/C19H18N2O5/c1-25-18(23)20-12-11-15-14-9-5-6-10-16(14)21(17(15)22)19(24)26-13-7-3-2-4-8-13/h2-10,15H,11-12H2,1H3,(H,20,23)/t15-/m1/s1. The number of ether oxygens (including phenoxy) is 2. The monoisotopic (exact) mass is 354 g/mol. The zero-order valence-electron chi connectivity index (χ0n) is 14.2. The van der Waals surface area contributed by atoms with Crippen LogP contribution in [0.5, 0.6) is 5.75 Å². The third-order valence-corrected chi connectivity index (χ3v) is 4.09. The number of imide groups is 1. The number of methoxy groups -OCH3 is 1. The Balaban J connectivity index is 1.78. The minimum absolute atomic E-state index is 0.249. The van der Waals surface area contributed by atoms with E-state index < -0.39 is 18.1 Å². The Labute approximate surface area is 150 Å². The van der Waals surface area contributed by atoms with E-state index in [2.05, 4.69) is 10.1 Å². The Bertz CT molecular complexity index is 822. The molecule has 7 nitrogen and oxygen atoms in total. The van der Waals surface area contributed by atoms with Gasteiger partial charge in [-0.15, -0.1) is 0 Å². The van der Waals surface area contributed by atoms with E-state index in [1.807, 2.05) is 0 Å². The maximum Gasteiger partial charge on any atom is 0.426 e. The van der Waals surface area contributed by atoms with Crippen molar-refractivity contribution in [3.8, 4) is 5.75 Å². The number of anilines is 1. The second kappa shape index (κ2) is 7.69. The fourth-order valence-corrected chi connectivity index (χ4v) is 2.89. The summed E-state index contributed by atoms with van der Waals surface area (Å²) in [5.74, 6) is -0.552. The maximum atomic E-state index is 12.8. The largest absolute Gasteiger partial charge is 0.453 e. The summed E-state index contributed by atoms with van der Waals surface area (Å²) in [7, 11) is 1.27. The molecular weight excluding hydrogens is 336 g/mol. The first-order chi connectivity index (χ1) is 12.6. The van der Waals surface area contributed by atoms with Crippen LogP contribution < -0.4 is 15.0 Å². The summed E-state index contributed by atoms with van der Waals surface area (Å²) in [6.45, 7) is 0.249. The highest BCUT2D eigenvalue weighted by Crippen LogP contribution is 2.39. The zero-order valence-corrected chi connectivity index (χ0v) is 14.2. The second-order valence-corrected chi connectivity index (χ2v) is 5.67. The number of fused-ring (bicyclic) bond motifs is 1. The van der Waals surface area contributed by atoms with Gasteiger partial charge in [-0.1, -0.05) is 36.4 Å². The van der Waals surface area contributed by atoms with Crippen molar-refractivity contribution in [2.45, 2.75) is 12.3 Å². The van der Waals surface area contributed by atoms with Crippen molar-refractivity contribution in [1.29, 1.82) is 0 Å². The summed E-state index contributed by atoms with van der Waals surface area (Å²) >= 11 is 0. The number of carbonyl (C=O) groups is 3. The number of amides is 3. The molecule has 0 saturated heterocycles. The molecule has 1 atom stereocenters. The number of rotatable bonds is 4. The maximum absolute atomic E-state index is 12.8. The van der Waals surface area contributed by atoms with Crippen molar-refractivity contribution in [3.63, 3.8) is 0 Å². The van der Waals surface area contributed by atoms with Crippen molar-refractivity contribution in [2.24, 2.45) is 0 Å². The van der Waals surface area contributed by atoms with E-state index in [0.29, 0.717) is 17.9 Å². The highest BCUT2D eigenvalue weighted by atomic mass is 16.6. The lowest BCUT2D eigenvalue weighted by Crippen LogP contribution is -2.38. The Morgan fingerprint density at radius 1 is 1.08 bits per heavy atom. The number of hydrogen-bond acceptors (Lipinski definition) is 5. The molecule has 0 unspecified atom stereocenters. The molecule has 0 radical (unpaired) electrons. The van der Waals surface area contributed by atoms with E-state index in [-0.39, 0.29) is 12.5 Å². The molecule has 0 aliphatic carbocycles. The van der Waals surface area contributed by atoms with Crippen LogP contribution in [0.1, 0.15) is 17.9 Å². The first-order valence-electron chi connectivity index (χ1n) is 8.13. The van der Waals surface area contributed by atoms with E-state index in [4.69, 9.17) is 4.74 Å². The van der Waals surface area contributed by atoms with Gasteiger partial charge in [0.1, 0.15) is 5.75 Å². The fourth-order valence-electron chi connectivity index (χ4n) is 2.89. The minimum atomic E-state index is -0.753. The minimum Gasteiger partial charge on any atom is -0.453 e. The number of nitrogens with one attached hydrogen (secondary N) is 1. The average molecular weight is 354 g/mol. The van der Waals surface area contributed by atoms with Crippen LogP contribution in [0.25, 0.3) is 0 Å². The first-order valence-corrected chi connectivity index (χ1v) is 8.13. The van der Waals surface area contributed by atoms with Crippen LogP contribution in [0.15, 0.2) is 54.6 Å². The molecule has 3 amide bonds. The lowest BCUT2D eigenvalue weighted by atomic mass is 9.97. The number of benzene rings is 2. The number of hydrogen-bond donors (Lipinski definition) is 1. The average Bonchev–Trinajstić information content (AvgIpc) is 2.94. The van der Waals surface area contributed by atoms with E-state index >= 15 is 0 Å². The van der Waals surface area contributed by atoms with Gasteiger partial charge in [-0.25, -0.2) is 14.5 Å². The summed E-state index contributed by atoms with van der Waals surface area (Å²) in [5.41, 5.74) is 1.23. The quantitative estimate of drug-likeness (QED) is 0.912. The molecule has 1 heterocycles.